The molecule has 0 unspecified atom stereocenters. The highest BCUT2D eigenvalue weighted by Gasteiger charge is 2.22. The summed E-state index contributed by atoms with van der Waals surface area (Å²) in [5, 5.41) is 0. The number of hydrogen-bond acceptors (Lipinski definition) is 2. The zero-order valence-corrected chi connectivity index (χ0v) is 11.3. The van der Waals surface area contributed by atoms with Gasteiger partial charge in [-0.15, -0.1) is 0 Å². The molecule has 1 saturated carbocycles. The van der Waals surface area contributed by atoms with Crippen LogP contribution >= 0.6 is 12.2 Å². The van der Waals surface area contributed by atoms with E-state index in [4.69, 9.17) is 12.2 Å². The molecule has 4 heteroatoms. The first kappa shape index (κ1) is 13.3. The van der Waals surface area contributed by atoms with Crippen molar-refractivity contribution in [3.8, 4) is 0 Å². The van der Waals surface area contributed by atoms with Gasteiger partial charge in [-0.25, -0.2) is 8.78 Å². The molecule has 0 spiro atoms. The molecule has 0 saturated heterocycles. The Morgan fingerprint density at radius 2 is 2.00 bits per heavy atom. The molecular weight excluding hydrogens is 252 g/mol. The molecule has 0 aliphatic heterocycles. The van der Waals surface area contributed by atoms with Crippen molar-refractivity contribution in [1.82, 2.24) is 0 Å². The first-order chi connectivity index (χ1) is 8.47. The van der Waals surface area contributed by atoms with Gasteiger partial charge < -0.3 is 0 Å². The quantitative estimate of drug-likeness (QED) is 0.441. The lowest BCUT2D eigenvalue weighted by atomic mass is 10.1. The first-order valence-corrected chi connectivity index (χ1v) is 6.42. The second-order valence-corrected chi connectivity index (χ2v) is 5.45. The van der Waals surface area contributed by atoms with Gasteiger partial charge in [-0.2, -0.15) is 0 Å². The Labute approximate surface area is 111 Å². The summed E-state index contributed by atoms with van der Waals surface area (Å²) in [6, 6.07) is 2.10. The number of thiocarbonyl (C=S) groups is 1. The zero-order valence-electron chi connectivity index (χ0n) is 10.5. The third-order valence-corrected chi connectivity index (χ3v) is 3.21. The van der Waals surface area contributed by atoms with Crippen LogP contribution in [0.2, 0.25) is 0 Å². The van der Waals surface area contributed by atoms with Gasteiger partial charge in [0.15, 0.2) is 5.82 Å². The zero-order chi connectivity index (χ0) is 13.3. The average molecular weight is 267 g/mol. The lowest BCUT2D eigenvalue weighted by molar-refractivity contribution is 0.584. The standard InChI is InChI=1S/C14H15F2NS/c1-8(5-10-3-4-10)17-14-12(9(2)18)6-11(15)7-13(14)16/h6-7,10H,3-5H2,1-2H3/b17-8+. The van der Waals surface area contributed by atoms with Crippen LogP contribution in [0.1, 0.15) is 38.7 Å². The Morgan fingerprint density at radius 3 is 2.56 bits per heavy atom. The minimum absolute atomic E-state index is 0.169. The van der Waals surface area contributed by atoms with E-state index in [1.807, 2.05) is 6.92 Å². The number of halogens is 2. The van der Waals surface area contributed by atoms with Crippen molar-refractivity contribution in [2.24, 2.45) is 10.9 Å². The van der Waals surface area contributed by atoms with Gasteiger partial charge in [-0.1, -0.05) is 12.2 Å². The third kappa shape index (κ3) is 3.19. The molecule has 1 aromatic carbocycles. The van der Waals surface area contributed by atoms with E-state index < -0.39 is 11.6 Å². The lowest BCUT2D eigenvalue weighted by Gasteiger charge is -2.07. The monoisotopic (exact) mass is 267 g/mol. The fourth-order valence-corrected chi connectivity index (χ4v) is 2.08. The van der Waals surface area contributed by atoms with E-state index in [0.29, 0.717) is 16.3 Å². The van der Waals surface area contributed by atoms with E-state index in [0.717, 1.165) is 18.2 Å². The van der Waals surface area contributed by atoms with Gasteiger partial charge in [0.05, 0.1) is 0 Å². The molecule has 1 fully saturated rings. The van der Waals surface area contributed by atoms with E-state index in [1.165, 1.54) is 18.9 Å². The van der Waals surface area contributed by atoms with Crippen LogP contribution in [-0.4, -0.2) is 10.6 Å². The minimum atomic E-state index is -0.649. The maximum absolute atomic E-state index is 13.8. The largest absolute Gasteiger partial charge is 0.254 e. The lowest BCUT2D eigenvalue weighted by Crippen LogP contribution is -1.99. The van der Waals surface area contributed by atoms with Crippen LogP contribution in [0.15, 0.2) is 17.1 Å². The number of aliphatic imine (C=N–C) groups is 1. The molecule has 0 aromatic heterocycles. The van der Waals surface area contributed by atoms with Gasteiger partial charge in [0.1, 0.15) is 11.5 Å². The van der Waals surface area contributed by atoms with E-state index in [-0.39, 0.29) is 5.69 Å². The highest BCUT2D eigenvalue weighted by molar-refractivity contribution is 7.80. The van der Waals surface area contributed by atoms with Gasteiger partial charge in [-0.3, -0.25) is 4.99 Å². The number of nitrogens with zero attached hydrogens (tertiary/aromatic N) is 1. The van der Waals surface area contributed by atoms with Crippen LogP contribution in [0.4, 0.5) is 14.5 Å². The SMILES string of the molecule is CC(=S)c1cc(F)cc(F)c1/N=C(\C)CC1CC1. The van der Waals surface area contributed by atoms with Crippen molar-refractivity contribution in [2.45, 2.75) is 33.1 Å². The molecule has 0 atom stereocenters. The Balaban J connectivity index is 2.38. The maximum atomic E-state index is 13.8. The molecule has 1 aliphatic carbocycles. The highest BCUT2D eigenvalue weighted by Crippen LogP contribution is 2.34. The summed E-state index contributed by atoms with van der Waals surface area (Å²) in [6.07, 6.45) is 3.32. The summed E-state index contributed by atoms with van der Waals surface area (Å²) in [6.45, 7) is 3.53. The number of rotatable bonds is 4. The van der Waals surface area contributed by atoms with Crippen LogP contribution in [0.5, 0.6) is 0 Å². The highest BCUT2D eigenvalue weighted by atomic mass is 32.1. The van der Waals surface area contributed by atoms with Crippen LogP contribution < -0.4 is 0 Å². The van der Waals surface area contributed by atoms with E-state index in [9.17, 15) is 8.78 Å². The molecule has 0 N–H and O–H groups in total. The molecule has 0 heterocycles. The van der Waals surface area contributed by atoms with Crippen LogP contribution in [0.25, 0.3) is 0 Å². The Kier molecular flexibility index (Phi) is 3.85. The maximum Gasteiger partial charge on any atom is 0.152 e. The van der Waals surface area contributed by atoms with Crippen LogP contribution in [-0.2, 0) is 0 Å². The van der Waals surface area contributed by atoms with Gasteiger partial charge >= 0.3 is 0 Å². The first-order valence-electron chi connectivity index (χ1n) is 6.01. The molecule has 1 nitrogen and oxygen atoms in total. The van der Waals surface area contributed by atoms with E-state index >= 15 is 0 Å². The molecule has 1 aliphatic rings. The second kappa shape index (κ2) is 5.22. The smallest absolute Gasteiger partial charge is 0.152 e. The van der Waals surface area contributed by atoms with Crippen molar-refractivity contribution in [3.05, 3.63) is 29.3 Å². The molecule has 2 rings (SSSR count). The summed E-state index contributed by atoms with van der Waals surface area (Å²) in [5.74, 6) is -0.580. The van der Waals surface area contributed by atoms with Crippen molar-refractivity contribution >= 4 is 28.5 Å². The fraction of sp³-hybridized carbons (Fsp3) is 0.429. The molecule has 0 amide bonds. The molecular formula is C14H15F2NS. The summed E-state index contributed by atoms with van der Waals surface area (Å²) in [4.78, 5) is 4.74. The molecule has 0 bridgehead atoms. The van der Waals surface area contributed by atoms with Crippen LogP contribution in [0, 0.1) is 17.6 Å². The third-order valence-electron chi connectivity index (χ3n) is 2.99. The summed E-state index contributed by atoms with van der Waals surface area (Å²) in [7, 11) is 0. The van der Waals surface area contributed by atoms with Crippen molar-refractivity contribution in [2.75, 3.05) is 0 Å². The predicted octanol–water partition coefficient (Wildman–Crippen LogP) is 4.60. The van der Waals surface area contributed by atoms with Gasteiger partial charge in [0, 0.05) is 22.2 Å². The topological polar surface area (TPSA) is 12.4 Å². The second-order valence-electron chi connectivity index (χ2n) is 4.83. The van der Waals surface area contributed by atoms with Crippen molar-refractivity contribution in [3.63, 3.8) is 0 Å². The van der Waals surface area contributed by atoms with Gasteiger partial charge in [0.25, 0.3) is 0 Å². The van der Waals surface area contributed by atoms with Gasteiger partial charge in [0.2, 0.25) is 0 Å². The fourth-order valence-electron chi connectivity index (χ4n) is 1.92. The van der Waals surface area contributed by atoms with E-state index in [2.05, 4.69) is 4.99 Å². The van der Waals surface area contributed by atoms with Crippen molar-refractivity contribution < 1.29 is 8.78 Å². The minimum Gasteiger partial charge on any atom is -0.254 e. The molecule has 96 valence electrons. The van der Waals surface area contributed by atoms with Crippen molar-refractivity contribution in [1.29, 1.82) is 0 Å². The average Bonchev–Trinajstić information content (AvgIpc) is 3.05. The summed E-state index contributed by atoms with van der Waals surface area (Å²) in [5.41, 5.74) is 1.42. The molecule has 0 radical (unpaired) electrons. The summed E-state index contributed by atoms with van der Waals surface area (Å²) >= 11 is 5.02. The normalized spacial score (nSPS) is 15.9. The Bertz CT molecular complexity index is 519. The predicted molar refractivity (Wildman–Crippen MR) is 73.8 cm³/mol. The van der Waals surface area contributed by atoms with Crippen LogP contribution in [0.3, 0.4) is 0 Å². The van der Waals surface area contributed by atoms with Gasteiger partial charge in [-0.05, 0) is 45.1 Å². The number of hydrogen-bond donors (Lipinski definition) is 0. The molecule has 1 aromatic rings. The van der Waals surface area contributed by atoms with E-state index in [1.54, 1.807) is 6.92 Å². The Hall–Kier alpha value is -1.16. The molecule has 18 heavy (non-hydrogen) atoms. The Morgan fingerprint density at radius 1 is 1.33 bits per heavy atom. The number of benzene rings is 1. The summed E-state index contributed by atoms with van der Waals surface area (Å²) < 4.78 is 27.0.